The second kappa shape index (κ2) is 10.1. The number of nitrogens with zero attached hydrogens (tertiary/aromatic N) is 4. The van der Waals surface area contributed by atoms with Crippen molar-refractivity contribution in [2.24, 2.45) is 18.0 Å². The Kier molecular flexibility index (Phi) is 8.13. The summed E-state index contributed by atoms with van der Waals surface area (Å²) in [5, 5.41) is 8.05. The first-order chi connectivity index (χ1) is 12.6. The van der Waals surface area contributed by atoms with Gasteiger partial charge in [-0.15, -0.1) is 24.0 Å². The summed E-state index contributed by atoms with van der Waals surface area (Å²) in [5.74, 6) is 1.73. The van der Waals surface area contributed by atoms with Gasteiger partial charge in [-0.25, -0.2) is 0 Å². The topological polar surface area (TPSA) is 45.5 Å². The molecule has 0 radical (unpaired) electrons. The number of hydrogen-bond acceptors (Lipinski definition) is 2. The molecule has 1 aromatic heterocycles. The molecule has 1 aliphatic rings. The van der Waals surface area contributed by atoms with Crippen LogP contribution in [0, 0.1) is 19.8 Å². The van der Waals surface area contributed by atoms with Gasteiger partial charge in [-0.05, 0) is 50.2 Å². The van der Waals surface area contributed by atoms with Crippen molar-refractivity contribution in [1.29, 1.82) is 0 Å². The number of nitrogens with one attached hydrogen (secondary N) is 1. The number of likely N-dealkylation sites (tertiary alicyclic amines) is 1. The molecule has 5 nitrogen and oxygen atoms in total. The zero-order chi connectivity index (χ0) is 18.5. The molecule has 1 aromatic carbocycles. The van der Waals surface area contributed by atoms with E-state index in [0.29, 0.717) is 5.92 Å². The largest absolute Gasteiger partial charge is 0.356 e. The molecule has 0 aliphatic carbocycles. The summed E-state index contributed by atoms with van der Waals surface area (Å²) >= 11 is 0. The molecular formula is C21H32IN5. The third kappa shape index (κ3) is 5.46. The molecule has 0 amide bonds. The van der Waals surface area contributed by atoms with Gasteiger partial charge in [-0.1, -0.05) is 30.3 Å². The Morgan fingerprint density at radius 3 is 2.63 bits per heavy atom. The van der Waals surface area contributed by atoms with Crippen LogP contribution in [0.4, 0.5) is 0 Å². The first kappa shape index (κ1) is 21.7. The van der Waals surface area contributed by atoms with Crippen molar-refractivity contribution in [1.82, 2.24) is 20.0 Å². The second-order valence-corrected chi connectivity index (χ2v) is 7.29. The molecular weight excluding hydrogens is 449 g/mol. The molecule has 3 rings (SSSR count). The molecule has 6 heteroatoms. The normalized spacial score (nSPS) is 17.1. The predicted octanol–water partition coefficient (Wildman–Crippen LogP) is 3.34. The lowest BCUT2D eigenvalue weighted by atomic mass is 9.99. The molecule has 1 aliphatic heterocycles. The standard InChI is InChI=1S/C21H31N5.HI/c1-16-20(17(2)25(4)24-16)10-12-23-21(22-3)26-13-11-19(15-26)14-18-8-6-5-7-9-18;/h5-9,19H,10-15H2,1-4H3,(H,22,23);1H. The Bertz CT molecular complexity index is 753. The fraction of sp³-hybridized carbons (Fsp3) is 0.524. The SMILES string of the molecule is CN=C(NCCc1c(C)nn(C)c1C)N1CCC(Cc2ccccc2)C1.I. The van der Waals surface area contributed by atoms with Gasteiger partial charge in [0.05, 0.1) is 5.69 Å². The number of aliphatic imine (C=N–C) groups is 1. The number of hydrogen-bond donors (Lipinski definition) is 1. The maximum Gasteiger partial charge on any atom is 0.193 e. The average molecular weight is 481 g/mol. The third-order valence-electron chi connectivity index (χ3n) is 5.48. The van der Waals surface area contributed by atoms with Crippen molar-refractivity contribution in [3.8, 4) is 0 Å². The van der Waals surface area contributed by atoms with Crippen molar-refractivity contribution in [2.45, 2.75) is 33.1 Å². The van der Waals surface area contributed by atoms with Crippen molar-refractivity contribution in [2.75, 3.05) is 26.7 Å². The van der Waals surface area contributed by atoms with Gasteiger partial charge in [0.1, 0.15) is 0 Å². The van der Waals surface area contributed by atoms with E-state index in [2.05, 4.69) is 64.5 Å². The van der Waals surface area contributed by atoms with E-state index in [0.717, 1.165) is 44.1 Å². The zero-order valence-corrected chi connectivity index (χ0v) is 19.2. The van der Waals surface area contributed by atoms with Gasteiger partial charge in [0.2, 0.25) is 0 Å². The summed E-state index contributed by atoms with van der Waals surface area (Å²) in [7, 11) is 3.89. The number of aryl methyl sites for hydroxylation is 2. The van der Waals surface area contributed by atoms with Gasteiger partial charge >= 0.3 is 0 Å². The Balaban J connectivity index is 0.00000261. The number of benzene rings is 1. The summed E-state index contributed by atoms with van der Waals surface area (Å²) in [6.45, 7) is 7.28. The van der Waals surface area contributed by atoms with E-state index in [4.69, 9.17) is 0 Å². The monoisotopic (exact) mass is 481 g/mol. The first-order valence-corrected chi connectivity index (χ1v) is 9.57. The Labute approximate surface area is 180 Å². The van der Waals surface area contributed by atoms with E-state index in [9.17, 15) is 0 Å². The maximum atomic E-state index is 4.50. The number of aromatic nitrogens is 2. The minimum Gasteiger partial charge on any atom is -0.356 e. The Morgan fingerprint density at radius 2 is 2.00 bits per heavy atom. The van der Waals surface area contributed by atoms with Crippen LogP contribution >= 0.6 is 24.0 Å². The van der Waals surface area contributed by atoms with Gasteiger partial charge in [0.25, 0.3) is 0 Å². The molecule has 0 bridgehead atoms. The van der Waals surface area contributed by atoms with Gasteiger partial charge in [-0.2, -0.15) is 5.10 Å². The molecule has 1 N–H and O–H groups in total. The molecule has 0 spiro atoms. The van der Waals surface area contributed by atoms with E-state index in [1.807, 2.05) is 18.8 Å². The van der Waals surface area contributed by atoms with Gasteiger partial charge in [0, 0.05) is 39.4 Å². The van der Waals surface area contributed by atoms with Crippen LogP contribution in [-0.4, -0.2) is 47.3 Å². The van der Waals surface area contributed by atoms with E-state index in [1.165, 1.54) is 23.2 Å². The van der Waals surface area contributed by atoms with E-state index in [-0.39, 0.29) is 24.0 Å². The number of halogens is 1. The fourth-order valence-corrected chi connectivity index (χ4v) is 3.95. The number of rotatable bonds is 5. The van der Waals surface area contributed by atoms with Crippen LogP contribution in [0.2, 0.25) is 0 Å². The highest BCUT2D eigenvalue weighted by Gasteiger charge is 2.24. The molecule has 1 saturated heterocycles. The zero-order valence-electron chi connectivity index (χ0n) is 16.9. The smallest absolute Gasteiger partial charge is 0.193 e. The summed E-state index contributed by atoms with van der Waals surface area (Å²) in [6.07, 6.45) is 3.37. The van der Waals surface area contributed by atoms with Crippen LogP contribution in [0.1, 0.15) is 28.9 Å². The maximum absolute atomic E-state index is 4.50. The quantitative estimate of drug-likeness (QED) is 0.405. The summed E-state index contributed by atoms with van der Waals surface area (Å²) < 4.78 is 1.97. The Morgan fingerprint density at radius 1 is 1.26 bits per heavy atom. The van der Waals surface area contributed by atoms with E-state index in [1.54, 1.807) is 0 Å². The highest BCUT2D eigenvalue weighted by atomic mass is 127. The number of guanidine groups is 1. The molecule has 0 saturated carbocycles. The van der Waals surface area contributed by atoms with Crippen molar-refractivity contribution in [3.63, 3.8) is 0 Å². The lowest BCUT2D eigenvalue weighted by Crippen LogP contribution is -2.41. The van der Waals surface area contributed by atoms with Crippen LogP contribution in [0.5, 0.6) is 0 Å². The van der Waals surface area contributed by atoms with Gasteiger partial charge < -0.3 is 10.2 Å². The van der Waals surface area contributed by atoms with Gasteiger partial charge in [-0.3, -0.25) is 9.67 Å². The molecule has 1 unspecified atom stereocenters. The van der Waals surface area contributed by atoms with Crippen LogP contribution in [0.25, 0.3) is 0 Å². The van der Waals surface area contributed by atoms with Crippen LogP contribution in [-0.2, 0) is 19.9 Å². The van der Waals surface area contributed by atoms with Crippen molar-refractivity contribution < 1.29 is 0 Å². The van der Waals surface area contributed by atoms with Gasteiger partial charge in [0.15, 0.2) is 5.96 Å². The average Bonchev–Trinajstić information content (AvgIpc) is 3.19. The minimum atomic E-state index is 0. The van der Waals surface area contributed by atoms with Crippen molar-refractivity contribution >= 4 is 29.9 Å². The molecule has 2 heterocycles. The highest BCUT2D eigenvalue weighted by Crippen LogP contribution is 2.21. The molecule has 148 valence electrons. The predicted molar refractivity (Wildman–Crippen MR) is 123 cm³/mol. The lowest BCUT2D eigenvalue weighted by Gasteiger charge is -2.22. The van der Waals surface area contributed by atoms with Crippen LogP contribution in [0.15, 0.2) is 35.3 Å². The van der Waals surface area contributed by atoms with E-state index >= 15 is 0 Å². The molecule has 1 fully saturated rings. The lowest BCUT2D eigenvalue weighted by molar-refractivity contribution is 0.460. The summed E-state index contributed by atoms with van der Waals surface area (Å²) in [6, 6.07) is 10.8. The third-order valence-corrected chi connectivity index (χ3v) is 5.48. The molecule has 2 aromatic rings. The summed E-state index contributed by atoms with van der Waals surface area (Å²) in [5.41, 5.74) is 5.16. The highest BCUT2D eigenvalue weighted by molar-refractivity contribution is 14.0. The van der Waals surface area contributed by atoms with Crippen LogP contribution in [0.3, 0.4) is 0 Å². The molecule has 1 atom stereocenters. The fourth-order valence-electron chi connectivity index (χ4n) is 3.95. The van der Waals surface area contributed by atoms with Crippen LogP contribution < -0.4 is 5.32 Å². The summed E-state index contributed by atoms with van der Waals surface area (Å²) in [4.78, 5) is 6.90. The minimum absolute atomic E-state index is 0. The van der Waals surface area contributed by atoms with E-state index < -0.39 is 0 Å². The first-order valence-electron chi connectivity index (χ1n) is 9.57. The Hall–Kier alpha value is -1.57. The second-order valence-electron chi connectivity index (χ2n) is 7.29. The van der Waals surface area contributed by atoms with Crippen molar-refractivity contribution in [3.05, 3.63) is 52.8 Å². The molecule has 27 heavy (non-hydrogen) atoms.